The van der Waals surface area contributed by atoms with E-state index in [1.165, 1.54) is 19.2 Å². The van der Waals surface area contributed by atoms with Gasteiger partial charge in [0.1, 0.15) is 0 Å². The summed E-state index contributed by atoms with van der Waals surface area (Å²) in [5, 5.41) is 15.0. The first kappa shape index (κ1) is 22.6. The number of rotatable bonds is 6. The van der Waals surface area contributed by atoms with Crippen molar-refractivity contribution in [3.8, 4) is 11.4 Å². The largest absolute Gasteiger partial charge is 0.338 e. The molecule has 1 aromatic heterocycles. The van der Waals surface area contributed by atoms with Crippen molar-refractivity contribution in [2.45, 2.75) is 44.6 Å². The van der Waals surface area contributed by atoms with Crippen LogP contribution < -0.4 is 0 Å². The van der Waals surface area contributed by atoms with Crippen LogP contribution >= 0.6 is 0 Å². The Morgan fingerprint density at radius 2 is 1.77 bits per heavy atom. The van der Waals surface area contributed by atoms with Crippen LogP contribution in [0.1, 0.15) is 37.8 Å². The second kappa shape index (κ2) is 8.20. The number of non-ortho nitro benzene ring substituents is 1. The van der Waals surface area contributed by atoms with Gasteiger partial charge in [0.05, 0.1) is 16.4 Å². The van der Waals surface area contributed by atoms with Crippen LogP contribution in [0.15, 0.2) is 51.9 Å². The lowest BCUT2D eigenvalue weighted by atomic mass is 9.87. The molecular weight excluding hydrogens is 420 g/mol. The second-order valence-corrected chi connectivity index (χ2v) is 10.3. The van der Waals surface area contributed by atoms with Crippen LogP contribution in [-0.4, -0.2) is 34.8 Å². The van der Waals surface area contributed by atoms with E-state index in [-0.39, 0.29) is 28.4 Å². The van der Waals surface area contributed by atoms with Crippen LogP contribution in [0.2, 0.25) is 0 Å². The fraction of sp³-hybridized carbons (Fsp3) is 0.333. The van der Waals surface area contributed by atoms with Crippen LogP contribution in [0.4, 0.5) is 5.69 Å². The second-order valence-electron chi connectivity index (χ2n) is 8.31. The molecule has 0 N–H and O–H groups in total. The summed E-state index contributed by atoms with van der Waals surface area (Å²) in [6.07, 6.45) is 0. The van der Waals surface area contributed by atoms with E-state index in [0.29, 0.717) is 11.4 Å². The Bertz CT molecular complexity index is 1210. The van der Waals surface area contributed by atoms with E-state index < -0.39 is 14.9 Å². The maximum atomic E-state index is 13.0. The number of nitro benzene ring substituents is 1. The molecule has 3 rings (SSSR count). The smallest absolute Gasteiger partial charge is 0.270 e. The number of hydrogen-bond donors (Lipinski definition) is 0. The molecule has 0 aliphatic heterocycles. The average Bonchev–Trinajstić information content (AvgIpc) is 3.16. The summed E-state index contributed by atoms with van der Waals surface area (Å²) in [4.78, 5) is 14.6. The maximum absolute atomic E-state index is 13.0. The van der Waals surface area contributed by atoms with Gasteiger partial charge >= 0.3 is 0 Å². The molecule has 0 bridgehead atoms. The van der Waals surface area contributed by atoms with Gasteiger partial charge in [0.15, 0.2) is 0 Å². The lowest BCUT2D eigenvalue weighted by Gasteiger charge is -2.18. The van der Waals surface area contributed by atoms with Gasteiger partial charge in [-0.15, -0.1) is 0 Å². The molecule has 0 unspecified atom stereocenters. The first-order valence-corrected chi connectivity index (χ1v) is 11.0. The summed E-state index contributed by atoms with van der Waals surface area (Å²) in [7, 11) is -2.64. The summed E-state index contributed by atoms with van der Waals surface area (Å²) in [6.45, 7) is 7.77. The molecule has 0 spiro atoms. The summed E-state index contributed by atoms with van der Waals surface area (Å²) >= 11 is 0. The van der Waals surface area contributed by atoms with Gasteiger partial charge < -0.3 is 4.52 Å². The van der Waals surface area contributed by atoms with Crippen LogP contribution in [0.5, 0.6) is 0 Å². The van der Waals surface area contributed by atoms with Gasteiger partial charge in [-0.05, 0) is 23.5 Å². The molecule has 0 fully saturated rings. The van der Waals surface area contributed by atoms with Crippen molar-refractivity contribution in [3.05, 3.63) is 69.6 Å². The van der Waals surface area contributed by atoms with E-state index in [1.54, 1.807) is 6.92 Å². The Hall–Kier alpha value is -3.11. The zero-order valence-corrected chi connectivity index (χ0v) is 18.8. The van der Waals surface area contributed by atoms with E-state index in [0.717, 1.165) is 21.5 Å². The molecule has 164 valence electrons. The molecule has 1 heterocycles. The van der Waals surface area contributed by atoms with Gasteiger partial charge in [-0.25, -0.2) is 8.42 Å². The third-order valence-electron chi connectivity index (χ3n) is 4.91. The van der Waals surface area contributed by atoms with Crippen LogP contribution in [0.25, 0.3) is 11.4 Å². The lowest BCUT2D eigenvalue weighted by molar-refractivity contribution is -0.385. The van der Waals surface area contributed by atoms with E-state index >= 15 is 0 Å². The molecule has 0 amide bonds. The number of hydrogen-bond acceptors (Lipinski definition) is 7. The highest BCUT2D eigenvalue weighted by molar-refractivity contribution is 7.89. The molecule has 0 radical (unpaired) electrons. The molecule has 0 saturated carbocycles. The van der Waals surface area contributed by atoms with E-state index in [2.05, 4.69) is 30.9 Å². The minimum Gasteiger partial charge on any atom is -0.338 e. The molecule has 3 aromatic rings. The minimum atomic E-state index is -4.00. The molecule has 31 heavy (non-hydrogen) atoms. The zero-order valence-electron chi connectivity index (χ0n) is 18.0. The number of nitrogens with zero attached hydrogens (tertiary/aromatic N) is 4. The monoisotopic (exact) mass is 444 g/mol. The Kier molecular flexibility index (Phi) is 5.97. The molecule has 10 heteroatoms. The first-order chi connectivity index (χ1) is 14.4. The molecule has 0 saturated heterocycles. The predicted molar refractivity (Wildman–Crippen MR) is 115 cm³/mol. The molecule has 0 atom stereocenters. The summed E-state index contributed by atoms with van der Waals surface area (Å²) in [5.41, 5.74) is 2.04. The summed E-state index contributed by atoms with van der Waals surface area (Å²) in [6, 6.07) is 11.5. The first-order valence-electron chi connectivity index (χ1n) is 9.54. The van der Waals surface area contributed by atoms with E-state index in [9.17, 15) is 18.5 Å². The van der Waals surface area contributed by atoms with Crippen LogP contribution in [-0.2, 0) is 22.0 Å². The van der Waals surface area contributed by atoms with Gasteiger partial charge in [0.25, 0.3) is 5.69 Å². The standard InChI is InChI=1S/C21H24N4O5S/c1-14-6-11-17(25(26)27)12-18(14)31(28,29)24(5)13-19-22-20(23-30-19)15-7-9-16(10-8-15)21(2,3)4/h6-12H,13H2,1-5H3. The Morgan fingerprint density at radius 1 is 1.13 bits per heavy atom. The quantitative estimate of drug-likeness (QED) is 0.415. The highest BCUT2D eigenvalue weighted by Gasteiger charge is 2.27. The van der Waals surface area contributed by atoms with Crippen molar-refractivity contribution in [3.63, 3.8) is 0 Å². The SMILES string of the molecule is Cc1ccc([N+](=O)[O-])cc1S(=O)(=O)N(C)Cc1nc(-c2ccc(C(C)(C)C)cc2)no1. The van der Waals surface area contributed by atoms with Crippen molar-refractivity contribution in [2.24, 2.45) is 0 Å². The number of benzene rings is 2. The maximum Gasteiger partial charge on any atom is 0.270 e. The highest BCUT2D eigenvalue weighted by atomic mass is 32.2. The van der Waals surface area contributed by atoms with Gasteiger partial charge in [-0.1, -0.05) is 56.3 Å². The predicted octanol–water partition coefficient (Wildman–Crippen LogP) is 4.07. The number of sulfonamides is 1. The van der Waals surface area contributed by atoms with Crippen molar-refractivity contribution in [2.75, 3.05) is 7.05 Å². The molecular formula is C21H24N4O5S. The van der Waals surface area contributed by atoms with E-state index in [4.69, 9.17) is 4.52 Å². The number of aryl methyl sites for hydroxylation is 1. The summed E-state index contributed by atoms with van der Waals surface area (Å²) < 4.78 is 32.2. The molecule has 0 aliphatic carbocycles. The number of nitro groups is 1. The van der Waals surface area contributed by atoms with Crippen molar-refractivity contribution >= 4 is 15.7 Å². The molecule has 0 aliphatic rings. The Labute approximate surface area is 180 Å². The van der Waals surface area contributed by atoms with Gasteiger partial charge in [0, 0.05) is 24.7 Å². The number of aromatic nitrogens is 2. The molecule has 2 aromatic carbocycles. The third-order valence-corrected chi connectivity index (χ3v) is 6.85. The fourth-order valence-electron chi connectivity index (χ4n) is 2.98. The van der Waals surface area contributed by atoms with Crippen molar-refractivity contribution < 1.29 is 17.9 Å². The van der Waals surface area contributed by atoms with E-state index in [1.807, 2.05) is 24.3 Å². The van der Waals surface area contributed by atoms with Gasteiger partial charge in [-0.2, -0.15) is 9.29 Å². The average molecular weight is 445 g/mol. The normalized spacial score (nSPS) is 12.3. The third kappa shape index (κ3) is 4.80. The Balaban J connectivity index is 1.82. The van der Waals surface area contributed by atoms with Crippen molar-refractivity contribution in [1.82, 2.24) is 14.4 Å². The van der Waals surface area contributed by atoms with Crippen LogP contribution in [0.3, 0.4) is 0 Å². The zero-order chi connectivity index (χ0) is 23.0. The fourth-order valence-corrected chi connectivity index (χ4v) is 4.34. The van der Waals surface area contributed by atoms with Crippen LogP contribution in [0, 0.1) is 17.0 Å². The lowest BCUT2D eigenvalue weighted by Crippen LogP contribution is -2.27. The minimum absolute atomic E-state index is 0.0165. The van der Waals surface area contributed by atoms with Gasteiger partial charge in [0.2, 0.25) is 21.7 Å². The van der Waals surface area contributed by atoms with Crippen molar-refractivity contribution in [1.29, 1.82) is 0 Å². The van der Waals surface area contributed by atoms with Gasteiger partial charge in [-0.3, -0.25) is 10.1 Å². The highest BCUT2D eigenvalue weighted by Crippen LogP contribution is 2.27. The Morgan fingerprint density at radius 3 is 2.35 bits per heavy atom. The molecule has 9 nitrogen and oxygen atoms in total. The topological polar surface area (TPSA) is 119 Å². The summed E-state index contributed by atoms with van der Waals surface area (Å²) in [5.74, 6) is 0.469.